The van der Waals surface area contributed by atoms with Crippen molar-refractivity contribution in [3.05, 3.63) is 95.9 Å². The quantitative estimate of drug-likeness (QED) is 0.0472. The Bertz CT molecular complexity index is 2260. The van der Waals surface area contributed by atoms with Crippen molar-refractivity contribution in [3.63, 3.8) is 0 Å². The lowest BCUT2D eigenvalue weighted by atomic mass is 10.0. The smallest absolute Gasteiger partial charge is 0.411 e. The second kappa shape index (κ2) is 24.5. The second-order valence-corrected chi connectivity index (χ2v) is 29.7. The summed E-state index contributed by atoms with van der Waals surface area (Å²) in [7, 11) is -1.08. The van der Waals surface area contributed by atoms with E-state index in [4.69, 9.17) is 38.3 Å². The molecule has 0 bridgehead atoms. The zero-order valence-corrected chi connectivity index (χ0v) is 45.8. The molecule has 2 aliphatic heterocycles. The fourth-order valence-electron chi connectivity index (χ4n) is 9.22. The lowest BCUT2D eigenvalue weighted by Crippen LogP contribution is -2.42. The first-order valence-electron chi connectivity index (χ1n) is 23.9. The average molecular weight is 989 g/mol. The zero-order valence-electron chi connectivity index (χ0n) is 43.8. The van der Waals surface area contributed by atoms with Gasteiger partial charge in [0.1, 0.15) is 6.61 Å². The normalized spacial score (nSPS) is 16.7. The first-order valence-corrected chi connectivity index (χ1v) is 30.2. The Hall–Kier alpha value is -5.30. The number of ether oxygens (including phenoxy) is 5. The summed E-state index contributed by atoms with van der Waals surface area (Å²) in [6, 6.07) is 7.86. The summed E-state index contributed by atoms with van der Waals surface area (Å²) in [5.41, 5.74) is 9.75. The Morgan fingerprint density at radius 2 is 1.17 bits per heavy atom. The van der Waals surface area contributed by atoms with Gasteiger partial charge in [0.25, 0.3) is 11.8 Å². The van der Waals surface area contributed by atoms with Crippen molar-refractivity contribution < 1.29 is 46.9 Å². The molecule has 14 nitrogen and oxygen atoms in total. The SMILES string of the molecule is C=CCOC(=O)Nc1cc(OCCCOc2cc(N)c(C(=O)N3C=C(/C=C/C)C[C@H]3CO[Si](C)(C)CC(C)(C)C)cc2OC)c(OC)cc1C(=O)N1C=C(/C=C/C)C[C@H]1CO[Si](C)(C)CC(C)(C)C. The number of anilines is 2. The molecule has 3 amide bonds. The van der Waals surface area contributed by atoms with Gasteiger partial charge in [-0.15, -0.1) is 0 Å². The van der Waals surface area contributed by atoms with Crippen LogP contribution in [0.2, 0.25) is 38.3 Å². The van der Waals surface area contributed by atoms with Crippen molar-refractivity contribution in [1.82, 2.24) is 9.80 Å². The van der Waals surface area contributed by atoms with Crippen LogP contribution in [0, 0.1) is 10.8 Å². The van der Waals surface area contributed by atoms with E-state index in [0.29, 0.717) is 49.5 Å². The van der Waals surface area contributed by atoms with Crippen LogP contribution in [0.5, 0.6) is 23.0 Å². The van der Waals surface area contributed by atoms with E-state index in [0.717, 1.165) is 23.2 Å². The summed E-state index contributed by atoms with van der Waals surface area (Å²) >= 11 is 0. The standard InChI is InChI=1S/C53H80N4O10Si2/c1-16-20-37-25-39(33-66-68(12,13)35-52(4,5)6)56(31-37)49(58)41-27-45(61-10)47(29-43(41)54)63-23-19-24-64-48-30-44(55-51(60)65-22-18-3)42(28-46(48)62-11)50(59)57-32-38(21-17-2)26-40(57)34-67-69(14,15)36-53(7,8)9/h16-18,20-21,27-32,39-40H,3,19,22-26,33-36,54H2,1-2,4-15H3,(H,55,60)/b20-16+,21-17+/t39-,40-/m0/s1. The van der Waals surface area contributed by atoms with Gasteiger partial charge in [0.05, 0.1) is 69.5 Å². The second-order valence-electron chi connectivity index (χ2n) is 21.4. The van der Waals surface area contributed by atoms with E-state index < -0.39 is 22.7 Å². The lowest BCUT2D eigenvalue weighted by molar-refractivity contribution is 0.0733. The number of carbonyl (C=O) groups excluding carboxylic acids is 3. The van der Waals surface area contributed by atoms with Gasteiger partial charge in [-0.2, -0.15) is 0 Å². The number of carbonyl (C=O) groups is 3. The molecule has 0 aliphatic carbocycles. The zero-order chi connectivity index (χ0) is 51.3. The van der Waals surface area contributed by atoms with E-state index in [1.54, 1.807) is 34.1 Å². The molecule has 0 aromatic heterocycles. The average Bonchev–Trinajstić information content (AvgIpc) is 3.86. The molecule has 2 aromatic rings. The number of nitrogens with one attached hydrogen (secondary N) is 1. The molecule has 0 saturated heterocycles. The third-order valence-corrected chi connectivity index (χ3v) is 17.0. The monoisotopic (exact) mass is 989 g/mol. The molecule has 3 N–H and O–H groups in total. The molecule has 0 saturated carbocycles. The van der Waals surface area contributed by atoms with Gasteiger partial charge in [0, 0.05) is 36.6 Å². The predicted octanol–water partition coefficient (Wildman–Crippen LogP) is 11.8. The maximum absolute atomic E-state index is 14.6. The Kier molecular flexibility index (Phi) is 20.0. The van der Waals surface area contributed by atoms with Crippen LogP contribution in [0.4, 0.5) is 16.2 Å². The molecule has 16 heteroatoms. The number of allylic oxidation sites excluding steroid dienone is 4. The molecule has 69 heavy (non-hydrogen) atoms. The number of nitrogens with two attached hydrogens (primary N) is 1. The first-order chi connectivity index (χ1) is 32.3. The topological polar surface area (TPSA) is 160 Å². The third kappa shape index (κ3) is 17.0. The van der Waals surface area contributed by atoms with Gasteiger partial charge in [0.15, 0.2) is 39.6 Å². The molecule has 2 aromatic carbocycles. The van der Waals surface area contributed by atoms with Crippen molar-refractivity contribution in [1.29, 1.82) is 0 Å². The van der Waals surface area contributed by atoms with Gasteiger partial charge >= 0.3 is 6.09 Å². The highest BCUT2D eigenvalue weighted by Crippen LogP contribution is 2.39. The molecular weight excluding hydrogens is 909 g/mol. The van der Waals surface area contributed by atoms with E-state index in [1.807, 2.05) is 50.6 Å². The van der Waals surface area contributed by atoms with Crippen LogP contribution in [0.3, 0.4) is 0 Å². The van der Waals surface area contributed by atoms with Gasteiger partial charge in [-0.3, -0.25) is 14.9 Å². The van der Waals surface area contributed by atoms with Crippen molar-refractivity contribution in [2.45, 2.75) is 125 Å². The maximum atomic E-state index is 14.6. The van der Waals surface area contributed by atoms with Crippen LogP contribution in [-0.4, -0.2) is 104 Å². The minimum absolute atomic E-state index is 0.0273. The largest absolute Gasteiger partial charge is 0.493 e. The van der Waals surface area contributed by atoms with Gasteiger partial charge in [-0.25, -0.2) is 4.79 Å². The molecule has 2 aliphatic rings. The number of methoxy groups -OCH3 is 2. The molecule has 2 heterocycles. The number of hydrogen-bond donors (Lipinski definition) is 2. The molecule has 380 valence electrons. The van der Waals surface area contributed by atoms with E-state index in [-0.39, 0.29) is 83.0 Å². The highest BCUT2D eigenvalue weighted by molar-refractivity contribution is 6.71. The Morgan fingerprint density at radius 3 is 1.61 bits per heavy atom. The van der Waals surface area contributed by atoms with Crippen LogP contribution < -0.4 is 30.0 Å². The van der Waals surface area contributed by atoms with Crippen molar-refractivity contribution in [3.8, 4) is 23.0 Å². The minimum atomic E-state index is -2.07. The predicted molar refractivity (Wildman–Crippen MR) is 282 cm³/mol. The first kappa shape index (κ1) is 56.3. The molecule has 0 radical (unpaired) electrons. The van der Waals surface area contributed by atoms with Crippen molar-refractivity contribution in [2.24, 2.45) is 10.8 Å². The number of hydrogen-bond acceptors (Lipinski definition) is 11. The molecule has 0 spiro atoms. The summed E-state index contributed by atoms with van der Waals surface area (Å²) in [5.74, 6) is 0.704. The minimum Gasteiger partial charge on any atom is -0.493 e. The fourth-order valence-corrected chi connectivity index (χ4v) is 15.8. The van der Waals surface area contributed by atoms with Gasteiger partial charge in [-0.1, -0.05) is 78.5 Å². The van der Waals surface area contributed by atoms with Gasteiger partial charge in [-0.05, 0) is 99.1 Å². The van der Waals surface area contributed by atoms with Crippen LogP contribution in [0.1, 0.15) is 95.4 Å². The van der Waals surface area contributed by atoms with Crippen LogP contribution in [-0.2, 0) is 13.6 Å². The number of benzene rings is 2. The summed E-state index contributed by atoms with van der Waals surface area (Å²) in [5, 5.41) is 2.74. The number of amides is 3. The van der Waals surface area contributed by atoms with Crippen molar-refractivity contribution >= 4 is 45.9 Å². The molecular formula is C53H80N4O10Si2. The lowest BCUT2D eigenvalue weighted by Gasteiger charge is -2.33. The summed E-state index contributed by atoms with van der Waals surface area (Å²) in [6.07, 6.45) is 14.0. The summed E-state index contributed by atoms with van der Waals surface area (Å²) < 4.78 is 42.3. The van der Waals surface area contributed by atoms with Crippen LogP contribution >= 0.6 is 0 Å². The molecule has 2 atom stereocenters. The number of nitrogens with zero attached hydrogens (tertiary/aromatic N) is 2. The van der Waals surface area contributed by atoms with Crippen LogP contribution in [0.25, 0.3) is 0 Å². The van der Waals surface area contributed by atoms with Gasteiger partial charge in [0.2, 0.25) is 0 Å². The Labute approximate surface area is 414 Å². The Balaban J connectivity index is 1.51. The number of rotatable bonds is 23. The van der Waals surface area contributed by atoms with E-state index >= 15 is 0 Å². The fraction of sp³-hybridized carbons (Fsp3) is 0.528. The van der Waals surface area contributed by atoms with E-state index in [9.17, 15) is 14.4 Å². The molecule has 0 fully saturated rings. The highest BCUT2D eigenvalue weighted by Gasteiger charge is 2.37. The van der Waals surface area contributed by atoms with Gasteiger partial charge < -0.3 is 48.1 Å². The number of nitrogen functional groups attached to an aromatic ring is 1. The van der Waals surface area contributed by atoms with E-state index in [1.165, 1.54) is 20.3 Å². The Morgan fingerprint density at radius 1 is 0.725 bits per heavy atom. The third-order valence-electron chi connectivity index (χ3n) is 11.3. The molecule has 4 rings (SSSR count). The van der Waals surface area contributed by atoms with Crippen LogP contribution in [0.15, 0.2) is 84.8 Å². The molecule has 0 unspecified atom stereocenters. The van der Waals surface area contributed by atoms with Crippen molar-refractivity contribution in [2.75, 3.05) is 58.3 Å². The highest BCUT2D eigenvalue weighted by atomic mass is 28.4. The van der Waals surface area contributed by atoms with E-state index in [2.05, 4.69) is 79.6 Å². The maximum Gasteiger partial charge on any atom is 0.411 e. The summed E-state index contributed by atoms with van der Waals surface area (Å²) in [6.45, 7) is 30.8. The summed E-state index contributed by atoms with van der Waals surface area (Å²) in [4.78, 5) is 45.2.